The lowest BCUT2D eigenvalue weighted by Crippen LogP contribution is -1.98. The molecule has 0 atom stereocenters. The minimum atomic E-state index is 0.494. The van der Waals surface area contributed by atoms with E-state index in [2.05, 4.69) is 0 Å². The summed E-state index contributed by atoms with van der Waals surface area (Å²) in [5.41, 5.74) is 4.45. The van der Waals surface area contributed by atoms with Crippen molar-refractivity contribution in [1.29, 1.82) is 0 Å². The first kappa shape index (κ1) is 16.8. The monoisotopic (exact) mass is 332 g/mol. The lowest BCUT2D eigenvalue weighted by molar-refractivity contribution is 0.112. The van der Waals surface area contributed by atoms with Gasteiger partial charge < -0.3 is 9.47 Å². The summed E-state index contributed by atoms with van der Waals surface area (Å²) < 4.78 is 11.4. The number of ether oxygens (including phenoxy) is 2. The van der Waals surface area contributed by atoms with Crippen molar-refractivity contribution in [2.75, 3.05) is 7.11 Å². The summed E-state index contributed by atoms with van der Waals surface area (Å²) in [5, 5.41) is 0. The molecule has 0 saturated heterocycles. The maximum absolute atomic E-state index is 11.4. The Morgan fingerprint density at radius 2 is 1.68 bits per heavy atom. The Morgan fingerprint density at radius 3 is 2.40 bits per heavy atom. The molecule has 3 rings (SSSR count). The summed E-state index contributed by atoms with van der Waals surface area (Å²) in [4.78, 5) is 11.4. The topological polar surface area (TPSA) is 35.5 Å². The summed E-state index contributed by atoms with van der Waals surface area (Å²) >= 11 is 0. The molecule has 0 amide bonds. The van der Waals surface area contributed by atoms with E-state index in [0.717, 1.165) is 34.3 Å². The van der Waals surface area contributed by atoms with Gasteiger partial charge in [-0.25, -0.2) is 0 Å². The number of hydrogen-bond acceptors (Lipinski definition) is 3. The van der Waals surface area contributed by atoms with Gasteiger partial charge in [0.15, 0.2) is 6.29 Å². The van der Waals surface area contributed by atoms with Crippen LogP contribution in [0.5, 0.6) is 11.5 Å². The molecule has 0 aliphatic rings. The van der Waals surface area contributed by atoms with E-state index in [9.17, 15) is 4.79 Å². The SMILES string of the molecule is COc1c(C)cc(-c2ccccc2OCc2ccccc2)cc1C=O. The van der Waals surface area contributed by atoms with Crippen LogP contribution in [-0.4, -0.2) is 13.4 Å². The molecule has 0 fully saturated rings. The molecule has 0 N–H and O–H groups in total. The van der Waals surface area contributed by atoms with Crippen molar-refractivity contribution >= 4 is 6.29 Å². The minimum Gasteiger partial charge on any atom is -0.496 e. The first-order valence-electron chi connectivity index (χ1n) is 8.13. The van der Waals surface area contributed by atoms with Crippen LogP contribution in [0, 0.1) is 6.92 Å². The molecule has 0 aliphatic carbocycles. The molecule has 0 unspecified atom stereocenters. The highest BCUT2D eigenvalue weighted by Gasteiger charge is 2.12. The van der Waals surface area contributed by atoms with Gasteiger partial charge in [0.05, 0.1) is 12.7 Å². The number of carbonyl (C=O) groups excluding carboxylic acids is 1. The molecule has 0 spiro atoms. The fourth-order valence-corrected chi connectivity index (χ4v) is 2.89. The Kier molecular flexibility index (Phi) is 5.14. The van der Waals surface area contributed by atoms with Crippen LogP contribution in [0.4, 0.5) is 0 Å². The second kappa shape index (κ2) is 7.67. The lowest BCUT2D eigenvalue weighted by atomic mass is 9.99. The molecule has 3 heteroatoms. The lowest BCUT2D eigenvalue weighted by Gasteiger charge is -2.14. The highest BCUT2D eigenvalue weighted by atomic mass is 16.5. The van der Waals surface area contributed by atoms with Gasteiger partial charge in [0.1, 0.15) is 18.1 Å². The van der Waals surface area contributed by atoms with Gasteiger partial charge in [-0.2, -0.15) is 0 Å². The van der Waals surface area contributed by atoms with Gasteiger partial charge in [-0.1, -0.05) is 48.5 Å². The molecule has 3 aromatic carbocycles. The van der Waals surface area contributed by atoms with Crippen LogP contribution in [0.15, 0.2) is 66.7 Å². The maximum atomic E-state index is 11.4. The van der Waals surface area contributed by atoms with Gasteiger partial charge in [-0.3, -0.25) is 4.79 Å². The van der Waals surface area contributed by atoms with Gasteiger partial charge in [0.2, 0.25) is 0 Å². The number of aryl methyl sites for hydroxylation is 1. The molecule has 0 aromatic heterocycles. The largest absolute Gasteiger partial charge is 0.496 e. The smallest absolute Gasteiger partial charge is 0.153 e. The number of hydrogen-bond donors (Lipinski definition) is 0. The van der Waals surface area contributed by atoms with Crippen molar-refractivity contribution in [3.05, 3.63) is 83.4 Å². The molecule has 0 aliphatic heterocycles. The van der Waals surface area contributed by atoms with Crippen LogP contribution >= 0.6 is 0 Å². The second-order valence-electron chi connectivity index (χ2n) is 5.80. The number of rotatable bonds is 6. The molecule has 0 bridgehead atoms. The third kappa shape index (κ3) is 3.72. The van der Waals surface area contributed by atoms with E-state index in [0.29, 0.717) is 17.9 Å². The summed E-state index contributed by atoms with van der Waals surface area (Å²) in [7, 11) is 1.58. The number of carbonyl (C=O) groups is 1. The number of para-hydroxylation sites is 1. The third-order valence-corrected chi connectivity index (χ3v) is 4.07. The average molecular weight is 332 g/mol. The van der Waals surface area contributed by atoms with Crippen LogP contribution in [0.3, 0.4) is 0 Å². The number of benzene rings is 3. The summed E-state index contributed by atoms with van der Waals surface area (Å²) in [5.74, 6) is 1.40. The fraction of sp³-hybridized carbons (Fsp3) is 0.136. The fourth-order valence-electron chi connectivity index (χ4n) is 2.89. The van der Waals surface area contributed by atoms with Crippen molar-refractivity contribution in [2.24, 2.45) is 0 Å². The molecule has 0 radical (unpaired) electrons. The molecule has 0 heterocycles. The van der Waals surface area contributed by atoms with Gasteiger partial charge in [0, 0.05) is 5.56 Å². The van der Waals surface area contributed by atoms with E-state index < -0.39 is 0 Å². The van der Waals surface area contributed by atoms with Gasteiger partial charge in [-0.15, -0.1) is 0 Å². The third-order valence-electron chi connectivity index (χ3n) is 4.07. The first-order valence-corrected chi connectivity index (χ1v) is 8.13. The van der Waals surface area contributed by atoms with Crippen molar-refractivity contribution in [2.45, 2.75) is 13.5 Å². The molecule has 3 aromatic rings. The average Bonchev–Trinajstić information content (AvgIpc) is 2.66. The van der Waals surface area contributed by atoms with Gasteiger partial charge >= 0.3 is 0 Å². The molecular formula is C22H20O3. The molecule has 25 heavy (non-hydrogen) atoms. The van der Waals surface area contributed by atoms with Crippen LogP contribution in [-0.2, 0) is 6.61 Å². The van der Waals surface area contributed by atoms with Crippen molar-refractivity contribution in [3.63, 3.8) is 0 Å². The molecule has 0 saturated carbocycles. The van der Waals surface area contributed by atoms with Crippen LogP contribution in [0.1, 0.15) is 21.5 Å². The molecule has 126 valence electrons. The number of aldehydes is 1. The predicted octanol–water partition coefficient (Wildman–Crippen LogP) is 5.06. The Morgan fingerprint density at radius 1 is 0.960 bits per heavy atom. The molecule has 3 nitrogen and oxygen atoms in total. The van der Waals surface area contributed by atoms with Gasteiger partial charge in [-0.05, 0) is 41.8 Å². The summed E-state index contributed by atoms with van der Waals surface area (Å²) in [6.45, 7) is 2.43. The van der Waals surface area contributed by atoms with E-state index in [1.54, 1.807) is 7.11 Å². The standard InChI is InChI=1S/C22H20O3/c1-16-12-18(13-19(14-23)22(16)24-2)20-10-6-7-11-21(20)25-15-17-8-4-3-5-9-17/h3-14H,15H2,1-2H3. The van der Waals surface area contributed by atoms with Crippen LogP contribution in [0.25, 0.3) is 11.1 Å². The zero-order chi connectivity index (χ0) is 17.6. The Balaban J connectivity index is 1.95. The number of methoxy groups -OCH3 is 1. The maximum Gasteiger partial charge on any atom is 0.153 e. The Bertz CT molecular complexity index is 870. The zero-order valence-corrected chi connectivity index (χ0v) is 14.4. The van der Waals surface area contributed by atoms with Crippen LogP contribution in [0.2, 0.25) is 0 Å². The van der Waals surface area contributed by atoms with E-state index in [-0.39, 0.29) is 0 Å². The van der Waals surface area contributed by atoms with Crippen molar-refractivity contribution in [1.82, 2.24) is 0 Å². The van der Waals surface area contributed by atoms with Gasteiger partial charge in [0.25, 0.3) is 0 Å². The molecular weight excluding hydrogens is 312 g/mol. The highest BCUT2D eigenvalue weighted by Crippen LogP contribution is 2.34. The zero-order valence-electron chi connectivity index (χ0n) is 14.4. The van der Waals surface area contributed by atoms with E-state index in [4.69, 9.17) is 9.47 Å². The second-order valence-corrected chi connectivity index (χ2v) is 5.80. The van der Waals surface area contributed by atoms with Crippen molar-refractivity contribution < 1.29 is 14.3 Å². The normalized spacial score (nSPS) is 10.3. The predicted molar refractivity (Wildman–Crippen MR) is 99.3 cm³/mol. The highest BCUT2D eigenvalue weighted by molar-refractivity contribution is 5.85. The van der Waals surface area contributed by atoms with E-state index in [1.165, 1.54) is 0 Å². The summed E-state index contributed by atoms with van der Waals surface area (Å²) in [6.07, 6.45) is 0.822. The van der Waals surface area contributed by atoms with E-state index in [1.807, 2.05) is 73.7 Å². The Labute approximate surface area is 147 Å². The summed E-state index contributed by atoms with van der Waals surface area (Å²) in [6, 6.07) is 21.7. The minimum absolute atomic E-state index is 0.494. The van der Waals surface area contributed by atoms with E-state index >= 15 is 0 Å². The first-order chi connectivity index (χ1) is 12.2. The van der Waals surface area contributed by atoms with Crippen molar-refractivity contribution in [3.8, 4) is 22.6 Å². The quantitative estimate of drug-likeness (QED) is 0.592. The van der Waals surface area contributed by atoms with Crippen LogP contribution < -0.4 is 9.47 Å². The Hall–Kier alpha value is -3.07.